The maximum Gasteiger partial charge on any atom is 0.349 e. The third-order valence-electron chi connectivity index (χ3n) is 7.98. The van der Waals surface area contributed by atoms with Crippen LogP contribution in [0.25, 0.3) is 0 Å². The molecule has 1 aliphatic heterocycles. The molecular formula is C28H34ClNO3S2. The first-order chi connectivity index (χ1) is 17.0. The highest BCUT2D eigenvalue weighted by atomic mass is 35.5. The van der Waals surface area contributed by atoms with Crippen LogP contribution < -0.4 is 0 Å². The molecule has 2 aromatic rings. The molecule has 5 unspecified atom stereocenters. The number of aryl methyl sites for hydroxylation is 1. The first-order valence-corrected chi connectivity index (χ1v) is 15.0. The van der Waals surface area contributed by atoms with Crippen LogP contribution in [0.4, 0.5) is 0 Å². The average Bonchev–Trinajstić information content (AvgIpc) is 3.68. The van der Waals surface area contributed by atoms with Gasteiger partial charge in [-0.05, 0) is 93.6 Å². The number of hydrogen-bond acceptors (Lipinski definition) is 6. The van der Waals surface area contributed by atoms with Gasteiger partial charge in [0.1, 0.15) is 6.10 Å². The summed E-state index contributed by atoms with van der Waals surface area (Å²) in [6, 6.07) is 12.3. The molecule has 0 saturated heterocycles. The van der Waals surface area contributed by atoms with Crippen LogP contribution in [0.5, 0.6) is 0 Å². The summed E-state index contributed by atoms with van der Waals surface area (Å²) in [4.78, 5) is 17.4. The van der Waals surface area contributed by atoms with Gasteiger partial charge in [0.2, 0.25) is 5.60 Å². The number of thiophene rings is 1. The van der Waals surface area contributed by atoms with Crippen molar-refractivity contribution in [1.29, 1.82) is 0 Å². The van der Waals surface area contributed by atoms with Crippen LogP contribution >= 0.6 is 34.7 Å². The number of halogens is 1. The Morgan fingerprint density at radius 1 is 1.23 bits per heavy atom. The van der Waals surface area contributed by atoms with Crippen molar-refractivity contribution in [3.05, 3.63) is 68.2 Å². The van der Waals surface area contributed by atoms with Crippen LogP contribution in [0.1, 0.15) is 49.0 Å². The second kappa shape index (κ2) is 11.0. The van der Waals surface area contributed by atoms with Gasteiger partial charge in [0.05, 0.1) is 4.88 Å². The standard InChI is InChI=1S/C28H34ClNO3S2/c1-30(15-3-2-6-19-9-12-21(29)13-10-19)23-18-20-11-14-22(23)26(20)33-27(31)28(32,24-7-4-16-34-24)25-8-5-17-35-25/h4,7-10,12-13,16,20,22-23,26,32H,2-3,5-6,11,14-15,17-18H2,1H3. The minimum absolute atomic E-state index is 0.0949. The van der Waals surface area contributed by atoms with Crippen molar-refractivity contribution in [1.82, 2.24) is 4.90 Å². The van der Waals surface area contributed by atoms with Crippen LogP contribution in [0.2, 0.25) is 5.02 Å². The van der Waals surface area contributed by atoms with Gasteiger partial charge in [-0.15, -0.1) is 23.1 Å². The predicted molar refractivity (Wildman–Crippen MR) is 145 cm³/mol. The van der Waals surface area contributed by atoms with Crippen molar-refractivity contribution in [2.45, 2.75) is 62.7 Å². The summed E-state index contributed by atoms with van der Waals surface area (Å²) >= 11 is 8.97. The van der Waals surface area contributed by atoms with E-state index < -0.39 is 11.6 Å². The molecule has 2 fully saturated rings. The first-order valence-electron chi connectivity index (χ1n) is 12.7. The molecule has 0 amide bonds. The van der Waals surface area contributed by atoms with Crippen molar-refractivity contribution >= 4 is 40.7 Å². The third-order valence-corrected chi connectivity index (χ3v) is 10.4. The fourth-order valence-electron chi connectivity index (χ4n) is 6.12. The molecule has 4 nitrogen and oxygen atoms in total. The Morgan fingerprint density at radius 2 is 2.06 bits per heavy atom. The monoisotopic (exact) mass is 531 g/mol. The molecule has 2 aliphatic carbocycles. The maximum atomic E-state index is 13.5. The number of thioether (sulfide) groups is 1. The molecule has 2 saturated carbocycles. The first kappa shape index (κ1) is 25.3. The number of allylic oxidation sites excluding steroid dienone is 1. The fourth-order valence-corrected chi connectivity index (χ4v) is 8.23. The Labute approximate surface area is 221 Å². The quantitative estimate of drug-likeness (QED) is 0.289. The number of carbonyl (C=O) groups excluding carboxylic acids is 1. The number of aliphatic hydroxyl groups is 1. The molecule has 2 bridgehead atoms. The zero-order valence-electron chi connectivity index (χ0n) is 20.2. The van der Waals surface area contributed by atoms with E-state index in [1.54, 1.807) is 11.8 Å². The molecule has 3 aliphatic rings. The highest BCUT2D eigenvalue weighted by Gasteiger charge is 2.54. The number of fused-ring (bicyclic) bond motifs is 2. The minimum Gasteiger partial charge on any atom is -0.459 e. The van der Waals surface area contributed by atoms with Crippen molar-refractivity contribution in [3.8, 4) is 0 Å². The Balaban J connectivity index is 1.18. The Bertz CT molecular complexity index is 1040. The van der Waals surface area contributed by atoms with Gasteiger partial charge >= 0.3 is 5.97 Å². The van der Waals surface area contributed by atoms with Gasteiger partial charge < -0.3 is 14.7 Å². The van der Waals surface area contributed by atoms with E-state index in [0.29, 0.717) is 22.8 Å². The minimum atomic E-state index is -1.67. The zero-order chi connectivity index (χ0) is 24.4. The van der Waals surface area contributed by atoms with Gasteiger partial charge in [-0.1, -0.05) is 35.9 Å². The van der Waals surface area contributed by atoms with Crippen molar-refractivity contribution in [3.63, 3.8) is 0 Å². The Kier molecular flexibility index (Phi) is 7.95. The zero-order valence-corrected chi connectivity index (χ0v) is 22.6. The molecule has 2 heterocycles. The highest BCUT2D eigenvalue weighted by molar-refractivity contribution is 8.03. The predicted octanol–water partition coefficient (Wildman–Crippen LogP) is 6.27. The van der Waals surface area contributed by atoms with Crippen LogP contribution in [0, 0.1) is 11.8 Å². The number of esters is 1. The van der Waals surface area contributed by atoms with E-state index >= 15 is 0 Å². The Hall–Kier alpha value is -1.31. The topological polar surface area (TPSA) is 49.8 Å². The maximum absolute atomic E-state index is 13.5. The van der Waals surface area contributed by atoms with Crippen molar-refractivity contribution in [2.75, 3.05) is 19.3 Å². The number of ether oxygens (including phenoxy) is 1. The molecule has 35 heavy (non-hydrogen) atoms. The van der Waals surface area contributed by atoms with E-state index in [4.69, 9.17) is 16.3 Å². The summed E-state index contributed by atoms with van der Waals surface area (Å²) in [7, 11) is 2.22. The molecule has 0 radical (unpaired) electrons. The lowest BCUT2D eigenvalue weighted by molar-refractivity contribution is -0.169. The molecule has 1 aromatic carbocycles. The second-order valence-electron chi connectivity index (χ2n) is 10.1. The lowest BCUT2D eigenvalue weighted by Crippen LogP contribution is -2.42. The number of benzene rings is 1. The number of carbonyl (C=O) groups is 1. The van der Waals surface area contributed by atoms with Crippen molar-refractivity contribution < 1.29 is 14.6 Å². The van der Waals surface area contributed by atoms with Gasteiger partial charge in [0.15, 0.2) is 0 Å². The van der Waals surface area contributed by atoms with Crippen LogP contribution in [-0.4, -0.2) is 47.5 Å². The molecular weight excluding hydrogens is 498 g/mol. The van der Waals surface area contributed by atoms with Crippen LogP contribution in [0.3, 0.4) is 0 Å². The summed E-state index contributed by atoms with van der Waals surface area (Å²) in [6.07, 6.45) is 9.41. The van der Waals surface area contributed by atoms with E-state index in [0.717, 1.165) is 67.2 Å². The van der Waals surface area contributed by atoms with Crippen molar-refractivity contribution in [2.24, 2.45) is 11.8 Å². The SMILES string of the molecule is CN(CCCCc1ccc(Cl)cc1)C1CC2CCC1C2OC(=O)C(O)(C1=CCCS1)c1cccs1. The molecule has 7 heteroatoms. The lowest BCUT2D eigenvalue weighted by Gasteiger charge is -2.32. The summed E-state index contributed by atoms with van der Waals surface area (Å²) in [5.74, 6) is 1.15. The Morgan fingerprint density at radius 3 is 2.77 bits per heavy atom. The summed E-state index contributed by atoms with van der Waals surface area (Å²) in [5, 5.41) is 14.3. The summed E-state index contributed by atoms with van der Waals surface area (Å²) in [6.45, 7) is 1.05. The van der Waals surface area contributed by atoms with Gasteiger partial charge in [-0.3, -0.25) is 0 Å². The molecule has 0 spiro atoms. The average molecular weight is 532 g/mol. The third kappa shape index (κ3) is 5.24. The van der Waals surface area contributed by atoms with E-state index in [9.17, 15) is 9.90 Å². The second-order valence-corrected chi connectivity index (χ2v) is 12.7. The number of rotatable bonds is 10. The number of hydrogen-bond donors (Lipinski definition) is 1. The number of nitrogens with zero attached hydrogens (tertiary/aromatic N) is 1. The van der Waals surface area contributed by atoms with Gasteiger partial charge in [0, 0.05) is 27.6 Å². The van der Waals surface area contributed by atoms with E-state index in [-0.39, 0.29) is 6.10 Å². The molecule has 188 valence electrons. The van der Waals surface area contributed by atoms with Gasteiger partial charge in [-0.2, -0.15) is 0 Å². The van der Waals surface area contributed by atoms with Crippen LogP contribution in [0.15, 0.2) is 52.8 Å². The van der Waals surface area contributed by atoms with Gasteiger partial charge in [-0.25, -0.2) is 4.79 Å². The van der Waals surface area contributed by atoms with Crippen LogP contribution in [-0.2, 0) is 21.6 Å². The number of unbranched alkanes of at least 4 members (excludes halogenated alkanes) is 1. The normalized spacial score (nSPS) is 27.3. The molecule has 5 rings (SSSR count). The highest BCUT2D eigenvalue weighted by Crippen LogP contribution is 2.50. The summed E-state index contributed by atoms with van der Waals surface area (Å²) < 4.78 is 6.20. The van der Waals surface area contributed by atoms with Gasteiger partial charge in [0.25, 0.3) is 0 Å². The smallest absolute Gasteiger partial charge is 0.349 e. The summed E-state index contributed by atoms with van der Waals surface area (Å²) in [5.41, 5.74) is -0.335. The fraction of sp³-hybridized carbons (Fsp3) is 0.536. The lowest BCUT2D eigenvalue weighted by atomic mass is 9.94. The van der Waals surface area contributed by atoms with E-state index in [2.05, 4.69) is 24.1 Å². The largest absolute Gasteiger partial charge is 0.459 e. The van der Waals surface area contributed by atoms with E-state index in [1.807, 2.05) is 35.7 Å². The molecule has 5 atom stereocenters. The van der Waals surface area contributed by atoms with E-state index in [1.165, 1.54) is 16.9 Å². The molecule has 1 N–H and O–H groups in total. The molecule has 1 aromatic heterocycles.